The third kappa shape index (κ3) is 2.13. The number of anilines is 1. The summed E-state index contributed by atoms with van der Waals surface area (Å²) in [6.45, 7) is 4.38. The van der Waals surface area contributed by atoms with Gasteiger partial charge in [0.15, 0.2) is 0 Å². The van der Waals surface area contributed by atoms with Crippen LogP contribution in [0.2, 0.25) is 0 Å². The van der Waals surface area contributed by atoms with E-state index in [9.17, 15) is 4.39 Å². The van der Waals surface area contributed by atoms with Crippen LogP contribution in [0.1, 0.15) is 17.0 Å². The van der Waals surface area contributed by atoms with Crippen molar-refractivity contribution in [3.8, 4) is 0 Å². The molecule has 0 aliphatic rings. The van der Waals surface area contributed by atoms with E-state index in [1.807, 2.05) is 37.4 Å². The zero-order chi connectivity index (χ0) is 14.1. The van der Waals surface area contributed by atoms with Gasteiger partial charge < -0.3 is 9.72 Å². The molecule has 1 N–H and O–H groups in total. The molecule has 2 heterocycles. The number of fused-ring (bicyclic) bond motifs is 1. The third-order valence-electron chi connectivity index (χ3n) is 3.54. The van der Waals surface area contributed by atoms with Gasteiger partial charge in [-0.05, 0) is 38.1 Å². The van der Waals surface area contributed by atoms with Crippen LogP contribution in [0.5, 0.6) is 0 Å². The fourth-order valence-corrected chi connectivity index (χ4v) is 2.36. The number of aromatic nitrogens is 2. The monoisotopic (exact) mass is 269 g/mol. The standard InChI is InChI=1S/C16H16FN3/c1-11-13(17)6-5-7-14(11)18-10-15-12(2)19-16-8-3-4-9-20(15)16/h3-9,18H,10H2,1-2H3. The average molecular weight is 269 g/mol. The molecule has 0 aliphatic heterocycles. The smallest absolute Gasteiger partial charge is 0.137 e. The first-order chi connectivity index (χ1) is 9.66. The van der Waals surface area contributed by atoms with Crippen LogP contribution in [0, 0.1) is 19.7 Å². The summed E-state index contributed by atoms with van der Waals surface area (Å²) >= 11 is 0. The maximum atomic E-state index is 13.5. The number of nitrogens with zero attached hydrogens (tertiary/aromatic N) is 2. The number of aryl methyl sites for hydroxylation is 1. The SMILES string of the molecule is Cc1nc2ccccn2c1CNc1cccc(F)c1C. The number of hydrogen-bond donors (Lipinski definition) is 1. The predicted octanol–water partition coefficient (Wildman–Crippen LogP) is 3.70. The molecule has 3 rings (SSSR count). The van der Waals surface area contributed by atoms with Crippen molar-refractivity contribution in [2.24, 2.45) is 0 Å². The molecule has 0 saturated heterocycles. The van der Waals surface area contributed by atoms with Crippen LogP contribution in [0.4, 0.5) is 10.1 Å². The molecule has 20 heavy (non-hydrogen) atoms. The van der Waals surface area contributed by atoms with Gasteiger partial charge in [0.1, 0.15) is 11.5 Å². The minimum atomic E-state index is -0.190. The molecule has 1 aromatic carbocycles. The number of halogens is 1. The Morgan fingerprint density at radius 1 is 1.15 bits per heavy atom. The van der Waals surface area contributed by atoms with Crippen molar-refractivity contribution in [1.29, 1.82) is 0 Å². The molecule has 0 amide bonds. The molecule has 3 aromatic rings. The summed E-state index contributed by atoms with van der Waals surface area (Å²) < 4.78 is 15.6. The Balaban J connectivity index is 1.90. The summed E-state index contributed by atoms with van der Waals surface area (Å²) in [5, 5.41) is 3.29. The lowest BCUT2D eigenvalue weighted by Gasteiger charge is -2.10. The number of imidazole rings is 1. The van der Waals surface area contributed by atoms with Gasteiger partial charge in [-0.1, -0.05) is 12.1 Å². The van der Waals surface area contributed by atoms with Crippen molar-refractivity contribution in [1.82, 2.24) is 9.38 Å². The lowest BCUT2D eigenvalue weighted by molar-refractivity contribution is 0.619. The van der Waals surface area contributed by atoms with E-state index in [-0.39, 0.29) is 5.82 Å². The fourth-order valence-electron chi connectivity index (χ4n) is 2.36. The number of hydrogen-bond acceptors (Lipinski definition) is 2. The third-order valence-corrected chi connectivity index (χ3v) is 3.54. The van der Waals surface area contributed by atoms with E-state index in [4.69, 9.17) is 0 Å². The zero-order valence-electron chi connectivity index (χ0n) is 11.5. The minimum absolute atomic E-state index is 0.190. The summed E-state index contributed by atoms with van der Waals surface area (Å²) in [4.78, 5) is 4.51. The van der Waals surface area contributed by atoms with Gasteiger partial charge in [-0.3, -0.25) is 0 Å². The van der Waals surface area contributed by atoms with E-state index in [1.165, 1.54) is 6.07 Å². The van der Waals surface area contributed by atoms with E-state index in [0.717, 1.165) is 22.7 Å². The molecule has 0 aliphatic carbocycles. The average Bonchev–Trinajstić information content (AvgIpc) is 2.76. The largest absolute Gasteiger partial charge is 0.379 e. The summed E-state index contributed by atoms with van der Waals surface area (Å²) in [7, 11) is 0. The van der Waals surface area contributed by atoms with Gasteiger partial charge in [-0.2, -0.15) is 0 Å². The molecule has 3 nitrogen and oxygen atoms in total. The lowest BCUT2D eigenvalue weighted by atomic mass is 10.2. The van der Waals surface area contributed by atoms with Crippen LogP contribution in [-0.4, -0.2) is 9.38 Å². The minimum Gasteiger partial charge on any atom is -0.379 e. The Morgan fingerprint density at radius 2 is 2.00 bits per heavy atom. The highest BCUT2D eigenvalue weighted by Crippen LogP contribution is 2.19. The van der Waals surface area contributed by atoms with Gasteiger partial charge in [0.25, 0.3) is 0 Å². The number of benzene rings is 1. The summed E-state index contributed by atoms with van der Waals surface area (Å²) in [5.74, 6) is -0.190. The van der Waals surface area contributed by atoms with Crippen molar-refractivity contribution < 1.29 is 4.39 Å². The normalized spacial score (nSPS) is 10.9. The fraction of sp³-hybridized carbons (Fsp3) is 0.188. The second-order valence-electron chi connectivity index (χ2n) is 4.84. The molecule has 0 spiro atoms. The Morgan fingerprint density at radius 3 is 2.85 bits per heavy atom. The maximum absolute atomic E-state index is 13.5. The Bertz CT molecular complexity index is 762. The molecule has 0 radical (unpaired) electrons. The molecule has 0 fully saturated rings. The number of rotatable bonds is 3. The van der Waals surface area contributed by atoms with E-state index in [0.29, 0.717) is 12.1 Å². The topological polar surface area (TPSA) is 29.3 Å². The van der Waals surface area contributed by atoms with Gasteiger partial charge >= 0.3 is 0 Å². The zero-order valence-corrected chi connectivity index (χ0v) is 11.5. The highest BCUT2D eigenvalue weighted by molar-refractivity contribution is 5.52. The van der Waals surface area contributed by atoms with Crippen LogP contribution < -0.4 is 5.32 Å². The molecule has 102 valence electrons. The second-order valence-corrected chi connectivity index (χ2v) is 4.84. The first kappa shape index (κ1) is 12.7. The van der Waals surface area contributed by atoms with Gasteiger partial charge in [0, 0.05) is 17.4 Å². The number of pyridine rings is 1. The van der Waals surface area contributed by atoms with Crippen molar-refractivity contribution in [3.05, 3.63) is 65.4 Å². The van der Waals surface area contributed by atoms with E-state index < -0.39 is 0 Å². The van der Waals surface area contributed by atoms with Crippen molar-refractivity contribution in [3.63, 3.8) is 0 Å². The Kier molecular flexibility index (Phi) is 3.14. The van der Waals surface area contributed by atoms with Gasteiger partial charge in [0.05, 0.1) is 17.9 Å². The van der Waals surface area contributed by atoms with Crippen LogP contribution >= 0.6 is 0 Å². The van der Waals surface area contributed by atoms with Crippen LogP contribution in [0.25, 0.3) is 5.65 Å². The maximum Gasteiger partial charge on any atom is 0.137 e. The quantitative estimate of drug-likeness (QED) is 0.785. The highest BCUT2D eigenvalue weighted by atomic mass is 19.1. The van der Waals surface area contributed by atoms with E-state index in [1.54, 1.807) is 13.0 Å². The lowest BCUT2D eigenvalue weighted by Crippen LogP contribution is -2.05. The van der Waals surface area contributed by atoms with Crippen molar-refractivity contribution >= 4 is 11.3 Å². The first-order valence-corrected chi connectivity index (χ1v) is 6.58. The molecule has 2 aromatic heterocycles. The molecular formula is C16H16FN3. The van der Waals surface area contributed by atoms with Gasteiger partial charge in [-0.15, -0.1) is 0 Å². The number of nitrogens with one attached hydrogen (secondary N) is 1. The van der Waals surface area contributed by atoms with Crippen LogP contribution in [0.15, 0.2) is 42.6 Å². The molecular weight excluding hydrogens is 253 g/mol. The highest BCUT2D eigenvalue weighted by Gasteiger charge is 2.09. The van der Waals surface area contributed by atoms with Crippen molar-refractivity contribution in [2.45, 2.75) is 20.4 Å². The molecule has 0 bridgehead atoms. The van der Waals surface area contributed by atoms with Gasteiger partial charge in [-0.25, -0.2) is 9.37 Å². The Labute approximate surface area is 117 Å². The molecule has 0 atom stereocenters. The van der Waals surface area contributed by atoms with E-state index in [2.05, 4.69) is 14.7 Å². The molecule has 0 saturated carbocycles. The Hall–Kier alpha value is -2.36. The van der Waals surface area contributed by atoms with Crippen LogP contribution in [-0.2, 0) is 6.54 Å². The molecule has 4 heteroatoms. The molecule has 0 unspecified atom stereocenters. The second kappa shape index (κ2) is 4.96. The van der Waals surface area contributed by atoms with Crippen molar-refractivity contribution in [2.75, 3.05) is 5.32 Å². The first-order valence-electron chi connectivity index (χ1n) is 6.58. The summed E-state index contributed by atoms with van der Waals surface area (Å²) in [6, 6.07) is 11.0. The summed E-state index contributed by atoms with van der Waals surface area (Å²) in [5.41, 5.74) is 4.45. The predicted molar refractivity (Wildman–Crippen MR) is 78.4 cm³/mol. The van der Waals surface area contributed by atoms with Gasteiger partial charge in [0.2, 0.25) is 0 Å². The van der Waals surface area contributed by atoms with Crippen LogP contribution in [0.3, 0.4) is 0 Å². The van der Waals surface area contributed by atoms with E-state index >= 15 is 0 Å². The summed E-state index contributed by atoms with van der Waals surface area (Å²) in [6.07, 6.45) is 1.99.